The van der Waals surface area contributed by atoms with E-state index in [4.69, 9.17) is 9.90 Å². The summed E-state index contributed by atoms with van der Waals surface area (Å²) in [5.74, 6) is -2.21. The molecule has 0 saturated heterocycles. The van der Waals surface area contributed by atoms with Gasteiger partial charge in [0.15, 0.2) is 0 Å². The van der Waals surface area contributed by atoms with Crippen LogP contribution in [0.15, 0.2) is 0 Å². The number of hydrogen-bond acceptors (Lipinski definition) is 5. The standard InChI is InChI=1S/C4H6O3.C2H4O2.Na/c1-3(5)7-4(2)6;1-2(3)4;/h1-2H3;1H3,(H,3,4);/q;;+1/p-1. The van der Waals surface area contributed by atoms with Crippen molar-refractivity contribution in [2.24, 2.45) is 0 Å². The quantitative estimate of drug-likeness (QED) is 0.217. The Labute approximate surface area is 92.4 Å². The van der Waals surface area contributed by atoms with Crippen LogP contribution in [0.4, 0.5) is 0 Å². The summed E-state index contributed by atoms with van der Waals surface area (Å²) < 4.78 is 3.97. The van der Waals surface area contributed by atoms with Crippen molar-refractivity contribution < 1.29 is 53.8 Å². The molecule has 0 rings (SSSR count). The maximum atomic E-state index is 9.81. The number of aliphatic carboxylic acids is 1. The van der Waals surface area contributed by atoms with Gasteiger partial charge < -0.3 is 14.6 Å². The molecule has 0 heterocycles. The van der Waals surface area contributed by atoms with Crippen LogP contribution in [0.3, 0.4) is 0 Å². The Bertz CT molecular complexity index is 149. The topological polar surface area (TPSA) is 83.5 Å². The zero-order chi connectivity index (χ0) is 9.44. The normalized spacial score (nSPS) is 6.58. The number of carboxylic acid groups (broad SMARTS) is 1. The number of rotatable bonds is 0. The molecule has 0 aromatic rings. The molecule has 0 saturated carbocycles. The molecule has 0 N–H and O–H groups in total. The second-order valence-electron chi connectivity index (χ2n) is 1.58. The zero-order valence-corrected chi connectivity index (χ0v) is 9.54. The number of carbonyl (C=O) groups excluding carboxylic acids is 3. The number of esters is 2. The van der Waals surface area contributed by atoms with Crippen molar-refractivity contribution in [3.05, 3.63) is 0 Å². The van der Waals surface area contributed by atoms with E-state index in [0.717, 1.165) is 6.92 Å². The van der Waals surface area contributed by atoms with Gasteiger partial charge in [0, 0.05) is 19.8 Å². The Morgan fingerprint density at radius 3 is 1.17 bits per heavy atom. The van der Waals surface area contributed by atoms with Gasteiger partial charge >= 0.3 is 41.5 Å². The van der Waals surface area contributed by atoms with Crippen molar-refractivity contribution in [3.8, 4) is 0 Å². The molecule has 0 radical (unpaired) electrons. The first kappa shape index (κ1) is 17.6. The SMILES string of the molecule is CC(=O)OC(C)=O.CC(=O)[O-].[Na+]. The minimum absolute atomic E-state index is 0. The number of carbonyl (C=O) groups is 3. The molecule has 0 aromatic carbocycles. The fourth-order valence-electron chi connectivity index (χ4n) is 0.202. The summed E-state index contributed by atoms with van der Waals surface area (Å²) in [4.78, 5) is 28.5. The first-order valence-electron chi connectivity index (χ1n) is 2.72. The van der Waals surface area contributed by atoms with Crippen LogP contribution in [-0.2, 0) is 19.1 Å². The third-order valence-corrected chi connectivity index (χ3v) is 0.287. The van der Waals surface area contributed by atoms with E-state index in [0.29, 0.717) is 0 Å². The van der Waals surface area contributed by atoms with Crippen LogP contribution in [0, 0.1) is 0 Å². The van der Waals surface area contributed by atoms with Crippen molar-refractivity contribution in [1.29, 1.82) is 0 Å². The van der Waals surface area contributed by atoms with Crippen LogP contribution in [-0.4, -0.2) is 17.9 Å². The average Bonchev–Trinajstić information content (AvgIpc) is 1.56. The van der Waals surface area contributed by atoms with Gasteiger partial charge in [0.2, 0.25) is 0 Å². The zero-order valence-electron chi connectivity index (χ0n) is 7.54. The van der Waals surface area contributed by atoms with Gasteiger partial charge in [-0.25, -0.2) is 0 Å². The average molecular weight is 184 g/mol. The summed E-state index contributed by atoms with van der Waals surface area (Å²) in [6.45, 7) is 3.34. The van der Waals surface area contributed by atoms with Gasteiger partial charge in [-0.15, -0.1) is 0 Å². The molecule has 0 aliphatic rings. The second kappa shape index (κ2) is 10.6. The fourth-order valence-corrected chi connectivity index (χ4v) is 0.202. The van der Waals surface area contributed by atoms with E-state index in [1.54, 1.807) is 0 Å². The second-order valence-corrected chi connectivity index (χ2v) is 1.58. The van der Waals surface area contributed by atoms with E-state index >= 15 is 0 Å². The van der Waals surface area contributed by atoms with E-state index in [1.165, 1.54) is 13.8 Å². The molecular weight excluding hydrogens is 175 g/mol. The Hall–Kier alpha value is -0.390. The molecule has 0 aliphatic carbocycles. The van der Waals surface area contributed by atoms with Gasteiger partial charge in [-0.2, -0.15) is 0 Å². The summed E-state index contributed by atoms with van der Waals surface area (Å²) >= 11 is 0. The molecule has 12 heavy (non-hydrogen) atoms. The van der Waals surface area contributed by atoms with Crippen LogP contribution >= 0.6 is 0 Å². The van der Waals surface area contributed by atoms with Crippen LogP contribution < -0.4 is 34.7 Å². The molecule has 6 heteroatoms. The van der Waals surface area contributed by atoms with E-state index in [1.807, 2.05) is 0 Å². The van der Waals surface area contributed by atoms with E-state index in [-0.39, 0.29) is 29.6 Å². The molecule has 5 nitrogen and oxygen atoms in total. The summed E-state index contributed by atoms with van der Waals surface area (Å²) in [6.07, 6.45) is 0. The predicted octanol–water partition coefficient (Wildman–Crippen LogP) is -4.14. The maximum Gasteiger partial charge on any atom is 1.00 e. The van der Waals surface area contributed by atoms with Crippen LogP contribution in [0.2, 0.25) is 0 Å². The molecule has 0 atom stereocenters. The Kier molecular flexibility index (Phi) is 15.6. The van der Waals surface area contributed by atoms with E-state index < -0.39 is 17.9 Å². The number of carboxylic acids is 1. The third kappa shape index (κ3) is 54.7. The largest absolute Gasteiger partial charge is 1.00 e. The molecule has 0 amide bonds. The van der Waals surface area contributed by atoms with Crippen molar-refractivity contribution in [2.45, 2.75) is 20.8 Å². The molecule has 0 aliphatic heterocycles. The van der Waals surface area contributed by atoms with Crippen molar-refractivity contribution >= 4 is 17.9 Å². The minimum atomic E-state index is -1.08. The van der Waals surface area contributed by atoms with Gasteiger partial charge in [-0.3, -0.25) is 9.59 Å². The predicted molar refractivity (Wildman–Crippen MR) is 33.1 cm³/mol. The molecule has 0 fully saturated rings. The van der Waals surface area contributed by atoms with Crippen molar-refractivity contribution in [1.82, 2.24) is 0 Å². The summed E-state index contributed by atoms with van der Waals surface area (Å²) in [5.41, 5.74) is 0. The summed E-state index contributed by atoms with van der Waals surface area (Å²) in [6, 6.07) is 0. The van der Waals surface area contributed by atoms with Crippen molar-refractivity contribution in [3.63, 3.8) is 0 Å². The van der Waals surface area contributed by atoms with Gasteiger partial charge in [0.25, 0.3) is 0 Å². The van der Waals surface area contributed by atoms with Gasteiger partial charge in [0.1, 0.15) is 0 Å². The molecule has 0 spiro atoms. The van der Waals surface area contributed by atoms with Crippen LogP contribution in [0.25, 0.3) is 0 Å². The van der Waals surface area contributed by atoms with Gasteiger partial charge in [0.05, 0.1) is 0 Å². The van der Waals surface area contributed by atoms with Gasteiger partial charge in [-0.05, 0) is 6.92 Å². The molecular formula is C6H9NaO5. The summed E-state index contributed by atoms with van der Waals surface area (Å²) in [5, 5.41) is 8.89. The molecule has 0 unspecified atom stereocenters. The monoisotopic (exact) mass is 184 g/mol. The fraction of sp³-hybridized carbons (Fsp3) is 0.500. The summed E-state index contributed by atoms with van der Waals surface area (Å²) in [7, 11) is 0. The van der Waals surface area contributed by atoms with E-state index in [9.17, 15) is 9.59 Å². The Morgan fingerprint density at radius 2 is 1.17 bits per heavy atom. The van der Waals surface area contributed by atoms with Crippen molar-refractivity contribution in [2.75, 3.05) is 0 Å². The maximum absolute atomic E-state index is 9.81. The third-order valence-electron chi connectivity index (χ3n) is 0.287. The van der Waals surface area contributed by atoms with Gasteiger partial charge in [-0.1, -0.05) is 0 Å². The first-order chi connectivity index (χ1) is 4.86. The van der Waals surface area contributed by atoms with Crippen LogP contribution in [0.5, 0.6) is 0 Å². The Balaban J connectivity index is -0.000000142. The smallest absolute Gasteiger partial charge is 0.550 e. The molecule has 64 valence electrons. The van der Waals surface area contributed by atoms with E-state index in [2.05, 4.69) is 4.74 Å². The first-order valence-corrected chi connectivity index (χ1v) is 2.72. The Morgan fingerprint density at radius 1 is 1.00 bits per heavy atom. The molecule has 0 bridgehead atoms. The number of hydrogen-bond donors (Lipinski definition) is 0. The molecule has 0 aromatic heterocycles. The number of ether oxygens (including phenoxy) is 1. The minimum Gasteiger partial charge on any atom is -0.550 e. The van der Waals surface area contributed by atoms with Crippen LogP contribution in [0.1, 0.15) is 20.8 Å².